The number of imide groups is 1. The summed E-state index contributed by atoms with van der Waals surface area (Å²) < 4.78 is 60.9. The van der Waals surface area contributed by atoms with Gasteiger partial charge >= 0.3 is 18.2 Å². The molecule has 10 nitrogen and oxygen atoms in total. The van der Waals surface area contributed by atoms with Gasteiger partial charge in [-0.2, -0.15) is 13.2 Å². The summed E-state index contributed by atoms with van der Waals surface area (Å²) in [6, 6.07) is 2.00. The topological polar surface area (TPSA) is 133 Å². The Morgan fingerprint density at radius 2 is 1.95 bits per heavy atom. The van der Waals surface area contributed by atoms with Gasteiger partial charge in [0.15, 0.2) is 0 Å². The van der Waals surface area contributed by atoms with Crippen LogP contribution in [0.5, 0.6) is 0 Å². The Morgan fingerprint density at radius 1 is 1.22 bits per heavy atom. The van der Waals surface area contributed by atoms with E-state index in [-0.39, 0.29) is 17.5 Å². The van der Waals surface area contributed by atoms with Crippen molar-refractivity contribution in [3.8, 4) is 11.3 Å². The predicted molar refractivity (Wildman–Crippen MR) is 115 cm³/mol. The van der Waals surface area contributed by atoms with Crippen LogP contribution in [0.1, 0.15) is 17.9 Å². The molecule has 2 aliphatic heterocycles. The van der Waals surface area contributed by atoms with Gasteiger partial charge in [0.1, 0.15) is 23.5 Å². The highest BCUT2D eigenvalue weighted by Crippen LogP contribution is 2.28. The van der Waals surface area contributed by atoms with Crippen molar-refractivity contribution in [2.24, 2.45) is 0 Å². The monoisotopic (exact) mass is 526 g/mol. The SMILES string of the molecule is O=C(O)C(F)(F)F.O=C1N[C@@H](Cc2cnc[nH]2)C(=O)N1C1CCc2nc(-c3ccc(F)cc3F)cn2C1. The van der Waals surface area contributed by atoms with Gasteiger partial charge in [0, 0.05) is 49.1 Å². The quantitative estimate of drug-likeness (QED) is 0.354. The molecule has 37 heavy (non-hydrogen) atoms. The zero-order valence-electron chi connectivity index (χ0n) is 18.8. The first-order chi connectivity index (χ1) is 17.4. The third-order valence-electron chi connectivity index (χ3n) is 5.81. The largest absolute Gasteiger partial charge is 0.490 e. The lowest BCUT2D eigenvalue weighted by molar-refractivity contribution is -0.192. The Balaban J connectivity index is 0.000000405. The van der Waals surface area contributed by atoms with Gasteiger partial charge in [0.2, 0.25) is 0 Å². The number of urea groups is 1. The van der Waals surface area contributed by atoms with E-state index in [0.29, 0.717) is 31.5 Å². The second-order valence-corrected chi connectivity index (χ2v) is 8.31. The van der Waals surface area contributed by atoms with Gasteiger partial charge in [-0.1, -0.05) is 0 Å². The maximum atomic E-state index is 14.1. The number of nitrogens with one attached hydrogen (secondary N) is 2. The fourth-order valence-corrected chi connectivity index (χ4v) is 4.11. The molecular weight excluding hydrogens is 507 g/mol. The van der Waals surface area contributed by atoms with Crippen molar-refractivity contribution in [2.75, 3.05) is 0 Å². The number of hydrogen-bond donors (Lipinski definition) is 3. The van der Waals surface area contributed by atoms with Crippen LogP contribution in [-0.4, -0.2) is 65.7 Å². The molecule has 1 unspecified atom stereocenters. The van der Waals surface area contributed by atoms with Crippen LogP contribution >= 0.6 is 0 Å². The Labute approximate surface area is 205 Å². The lowest BCUT2D eigenvalue weighted by Crippen LogP contribution is -2.45. The van der Waals surface area contributed by atoms with Crippen molar-refractivity contribution < 1.29 is 41.4 Å². The first-order valence-electron chi connectivity index (χ1n) is 10.9. The molecule has 2 aliphatic rings. The number of halogens is 5. The molecule has 3 amide bonds. The van der Waals surface area contributed by atoms with Gasteiger partial charge in [-0.15, -0.1) is 0 Å². The number of carbonyl (C=O) groups excluding carboxylic acids is 2. The molecule has 1 saturated heterocycles. The molecule has 0 spiro atoms. The second kappa shape index (κ2) is 9.99. The Bertz CT molecular complexity index is 1320. The van der Waals surface area contributed by atoms with Crippen molar-refractivity contribution in [3.63, 3.8) is 0 Å². The third-order valence-corrected chi connectivity index (χ3v) is 5.81. The number of amides is 3. The van der Waals surface area contributed by atoms with E-state index in [1.165, 1.54) is 23.4 Å². The van der Waals surface area contributed by atoms with E-state index < -0.39 is 35.9 Å². The highest BCUT2D eigenvalue weighted by Gasteiger charge is 2.43. The highest BCUT2D eigenvalue weighted by molar-refractivity contribution is 6.04. The fourth-order valence-electron chi connectivity index (χ4n) is 4.11. The number of nitrogens with zero attached hydrogens (tertiary/aromatic N) is 4. The normalized spacial score (nSPS) is 19.2. The fraction of sp³-hybridized carbons (Fsp3) is 0.318. The molecule has 3 N–H and O–H groups in total. The summed E-state index contributed by atoms with van der Waals surface area (Å²) in [5, 5.41) is 9.86. The number of benzene rings is 1. The number of H-pyrrole nitrogens is 1. The number of aliphatic carboxylic acids is 1. The minimum absolute atomic E-state index is 0.212. The number of aromatic nitrogens is 4. The first-order valence-corrected chi connectivity index (χ1v) is 10.9. The van der Waals surface area contributed by atoms with Crippen molar-refractivity contribution in [2.45, 2.75) is 44.1 Å². The van der Waals surface area contributed by atoms with E-state index >= 15 is 0 Å². The highest BCUT2D eigenvalue weighted by atomic mass is 19.4. The smallest absolute Gasteiger partial charge is 0.475 e. The van der Waals surface area contributed by atoms with Gasteiger partial charge in [-0.25, -0.2) is 28.3 Å². The van der Waals surface area contributed by atoms with Gasteiger partial charge in [-0.3, -0.25) is 9.69 Å². The summed E-state index contributed by atoms with van der Waals surface area (Å²) in [7, 11) is 0. The molecule has 196 valence electrons. The molecule has 15 heteroatoms. The molecule has 2 aromatic heterocycles. The zero-order valence-corrected chi connectivity index (χ0v) is 18.8. The van der Waals surface area contributed by atoms with Crippen molar-refractivity contribution in [3.05, 3.63) is 60.1 Å². The van der Waals surface area contributed by atoms with Gasteiger partial charge < -0.3 is 20.0 Å². The molecule has 0 aliphatic carbocycles. The lowest BCUT2D eigenvalue weighted by Gasteiger charge is -2.29. The van der Waals surface area contributed by atoms with Crippen LogP contribution in [0.15, 0.2) is 36.9 Å². The Hall–Kier alpha value is -4.30. The van der Waals surface area contributed by atoms with E-state index in [0.717, 1.165) is 17.6 Å². The summed E-state index contributed by atoms with van der Waals surface area (Å²) in [6.45, 7) is 0.376. The molecule has 0 radical (unpaired) electrons. The molecule has 5 rings (SSSR count). The number of carboxylic acids is 1. The number of aromatic amines is 1. The number of rotatable bonds is 4. The molecule has 1 fully saturated rings. The molecule has 0 bridgehead atoms. The van der Waals surface area contributed by atoms with Crippen LogP contribution in [0.3, 0.4) is 0 Å². The lowest BCUT2D eigenvalue weighted by atomic mass is 10.0. The molecule has 4 heterocycles. The summed E-state index contributed by atoms with van der Waals surface area (Å²) in [5.74, 6) is -3.62. The minimum Gasteiger partial charge on any atom is -0.475 e. The van der Waals surface area contributed by atoms with E-state index in [4.69, 9.17) is 9.90 Å². The summed E-state index contributed by atoms with van der Waals surface area (Å²) in [5.41, 5.74) is 1.38. The molecule has 0 saturated carbocycles. The maximum absolute atomic E-state index is 14.1. The average Bonchev–Trinajstić information content (AvgIpc) is 3.53. The number of fused-ring (bicyclic) bond motifs is 1. The molecule has 3 aromatic rings. The molecule has 1 aromatic carbocycles. The Morgan fingerprint density at radius 3 is 2.57 bits per heavy atom. The van der Waals surface area contributed by atoms with Gasteiger partial charge in [0.05, 0.1) is 18.1 Å². The van der Waals surface area contributed by atoms with E-state index in [1.54, 1.807) is 12.4 Å². The van der Waals surface area contributed by atoms with Gasteiger partial charge in [-0.05, 0) is 18.6 Å². The van der Waals surface area contributed by atoms with Crippen LogP contribution in [0.4, 0.5) is 26.7 Å². The summed E-state index contributed by atoms with van der Waals surface area (Å²) in [6.07, 6.45) is 1.19. The third kappa shape index (κ3) is 5.59. The van der Waals surface area contributed by atoms with Crippen LogP contribution < -0.4 is 5.32 Å². The summed E-state index contributed by atoms with van der Waals surface area (Å²) >= 11 is 0. The van der Waals surface area contributed by atoms with E-state index in [9.17, 15) is 31.5 Å². The minimum atomic E-state index is -5.08. The number of carboxylic acid groups (broad SMARTS) is 1. The van der Waals surface area contributed by atoms with E-state index in [1.807, 2.05) is 4.57 Å². The van der Waals surface area contributed by atoms with Crippen LogP contribution in [0, 0.1) is 11.6 Å². The zero-order chi connectivity index (χ0) is 26.9. The number of imidazole rings is 2. The van der Waals surface area contributed by atoms with Gasteiger partial charge in [0.25, 0.3) is 5.91 Å². The molecular formula is C22H19F5N6O4. The van der Waals surface area contributed by atoms with Crippen LogP contribution in [-0.2, 0) is 29.0 Å². The van der Waals surface area contributed by atoms with Crippen molar-refractivity contribution in [1.82, 2.24) is 29.7 Å². The average molecular weight is 526 g/mol. The summed E-state index contributed by atoms with van der Waals surface area (Å²) in [4.78, 5) is 46.9. The van der Waals surface area contributed by atoms with Crippen LogP contribution in [0.2, 0.25) is 0 Å². The maximum Gasteiger partial charge on any atom is 0.490 e. The van der Waals surface area contributed by atoms with Crippen molar-refractivity contribution in [1.29, 1.82) is 0 Å². The molecule has 2 atom stereocenters. The number of alkyl halides is 3. The number of aryl methyl sites for hydroxylation is 1. The first kappa shape index (κ1) is 25.8. The number of hydrogen-bond acceptors (Lipinski definition) is 5. The Kier molecular flexibility index (Phi) is 6.96. The predicted octanol–water partition coefficient (Wildman–Crippen LogP) is 2.66. The van der Waals surface area contributed by atoms with Crippen LogP contribution in [0.25, 0.3) is 11.3 Å². The van der Waals surface area contributed by atoms with Crippen molar-refractivity contribution >= 4 is 17.9 Å². The number of carbonyl (C=O) groups is 3. The second-order valence-electron chi connectivity index (χ2n) is 8.31. The standard InChI is InChI=1S/C20H18F2N6O2.C2HF3O2/c21-11-1-3-14(15(22)5-11)17-9-27-8-13(2-4-18(27)25-17)28-19(29)16(26-20(28)30)6-12-7-23-10-24-12;3-2(4,5)1(6)7/h1,3,5,7,9-10,13,16H,2,4,6,8H2,(H,23,24)(H,26,30);(H,6,7)/t13?,16-;/m0./s1. The van der Waals surface area contributed by atoms with E-state index in [2.05, 4.69) is 20.3 Å².